The van der Waals surface area contributed by atoms with E-state index in [1.54, 1.807) is 0 Å². The molecule has 1 aromatic rings. The fraction of sp³-hybridized carbons (Fsp3) is 0.545. The molecule has 0 bridgehead atoms. The molecule has 4 nitrogen and oxygen atoms in total. The summed E-state index contributed by atoms with van der Waals surface area (Å²) in [7, 11) is -0.0795. The van der Waals surface area contributed by atoms with E-state index in [9.17, 15) is 0 Å². The van der Waals surface area contributed by atoms with E-state index < -0.39 is 0 Å². The lowest BCUT2D eigenvalue weighted by Crippen LogP contribution is -2.35. The fourth-order valence-electron chi connectivity index (χ4n) is 1.68. The van der Waals surface area contributed by atoms with Crippen molar-refractivity contribution in [3.8, 4) is 0 Å². The van der Waals surface area contributed by atoms with Crippen LogP contribution in [0.5, 0.6) is 0 Å². The van der Waals surface area contributed by atoms with E-state index in [1.165, 1.54) is 0 Å². The fourth-order valence-corrected chi connectivity index (χ4v) is 1.68. The molecule has 1 aliphatic heterocycles. The van der Waals surface area contributed by atoms with Crippen LogP contribution in [0.4, 0.5) is 0 Å². The van der Waals surface area contributed by atoms with Gasteiger partial charge < -0.3 is 14.6 Å². The Hall–Kier alpha value is -0.905. The number of pyridine rings is 1. The third-order valence-electron chi connectivity index (χ3n) is 2.53. The number of hydrogen-bond donors (Lipinski definition) is 1. The number of nitrogens with zero attached hydrogens (tertiary/aromatic N) is 1. The molecule has 0 aromatic carbocycles. The normalized spacial score (nSPS) is 17.9. The van der Waals surface area contributed by atoms with Gasteiger partial charge in [0.05, 0.1) is 0 Å². The minimum absolute atomic E-state index is 0.0795. The molecule has 1 aliphatic rings. The molecule has 2 heterocycles. The molecule has 1 aromatic heterocycles. The van der Waals surface area contributed by atoms with Crippen LogP contribution in [0, 0.1) is 0 Å². The molecule has 5 heteroatoms. The lowest BCUT2D eigenvalue weighted by molar-refractivity contribution is 0.177. The minimum Gasteiger partial charge on any atom is -0.410 e. The van der Waals surface area contributed by atoms with E-state index in [1.807, 2.05) is 24.4 Å². The van der Waals surface area contributed by atoms with E-state index >= 15 is 0 Å². The number of aromatic nitrogens is 1. The quantitative estimate of drug-likeness (QED) is 0.763. The topological polar surface area (TPSA) is 43.4 Å². The summed E-state index contributed by atoms with van der Waals surface area (Å²) >= 11 is 0. The lowest BCUT2D eigenvalue weighted by atomic mass is 9.82. The molecular formula is C11H17BN2O2. The van der Waals surface area contributed by atoms with Crippen molar-refractivity contribution in [1.29, 1.82) is 0 Å². The van der Waals surface area contributed by atoms with E-state index in [0.29, 0.717) is 13.2 Å². The van der Waals surface area contributed by atoms with E-state index in [0.717, 1.165) is 31.5 Å². The highest BCUT2D eigenvalue weighted by molar-refractivity contribution is 6.44. The summed E-state index contributed by atoms with van der Waals surface area (Å²) in [6.45, 7) is 3.24. The Labute approximate surface area is 96.5 Å². The molecular weight excluding hydrogens is 203 g/mol. The van der Waals surface area contributed by atoms with E-state index in [2.05, 4.69) is 10.3 Å². The van der Waals surface area contributed by atoms with Crippen molar-refractivity contribution in [2.75, 3.05) is 26.3 Å². The van der Waals surface area contributed by atoms with Crippen LogP contribution in [0.3, 0.4) is 0 Å². The van der Waals surface area contributed by atoms with Crippen LogP contribution in [0.25, 0.3) is 0 Å². The summed E-state index contributed by atoms with van der Waals surface area (Å²) in [4.78, 5) is 4.28. The summed E-state index contributed by atoms with van der Waals surface area (Å²) < 4.78 is 11.2. The molecule has 86 valence electrons. The van der Waals surface area contributed by atoms with E-state index in [-0.39, 0.29) is 7.12 Å². The maximum Gasteiger partial charge on any atom is 0.457 e. The summed E-state index contributed by atoms with van der Waals surface area (Å²) in [6, 6.07) is 5.97. The molecule has 0 saturated carbocycles. The average molecular weight is 220 g/mol. The van der Waals surface area contributed by atoms with Gasteiger partial charge in [-0.25, -0.2) is 0 Å². The molecule has 1 N–H and O–H groups in total. The van der Waals surface area contributed by atoms with Gasteiger partial charge in [-0.1, -0.05) is 6.07 Å². The highest BCUT2D eigenvalue weighted by atomic mass is 16.6. The van der Waals surface area contributed by atoms with E-state index in [4.69, 9.17) is 9.31 Å². The van der Waals surface area contributed by atoms with Crippen LogP contribution < -0.4 is 5.32 Å². The zero-order valence-corrected chi connectivity index (χ0v) is 9.39. The molecule has 1 fully saturated rings. The Morgan fingerprint density at radius 1 is 1.25 bits per heavy atom. The summed E-state index contributed by atoms with van der Waals surface area (Å²) in [5, 5.41) is 3.22. The smallest absolute Gasteiger partial charge is 0.410 e. The van der Waals surface area contributed by atoms with Crippen LogP contribution in [0.2, 0.25) is 6.32 Å². The zero-order chi connectivity index (χ0) is 11.1. The monoisotopic (exact) mass is 220 g/mol. The Kier molecular flexibility index (Phi) is 4.80. The maximum atomic E-state index is 5.59. The van der Waals surface area contributed by atoms with Crippen molar-refractivity contribution in [3.63, 3.8) is 0 Å². The Morgan fingerprint density at radius 2 is 2.06 bits per heavy atom. The number of hydrogen-bond acceptors (Lipinski definition) is 4. The van der Waals surface area contributed by atoms with Gasteiger partial charge in [-0.3, -0.25) is 4.98 Å². The van der Waals surface area contributed by atoms with Gasteiger partial charge in [0.15, 0.2) is 0 Å². The second-order valence-electron chi connectivity index (χ2n) is 3.78. The van der Waals surface area contributed by atoms with Crippen LogP contribution in [-0.4, -0.2) is 38.4 Å². The van der Waals surface area contributed by atoms with Crippen molar-refractivity contribution in [2.24, 2.45) is 0 Å². The number of nitrogens with one attached hydrogen (secondary N) is 1. The maximum absolute atomic E-state index is 5.59. The highest BCUT2D eigenvalue weighted by Gasteiger charge is 2.19. The van der Waals surface area contributed by atoms with Gasteiger partial charge in [-0.05, 0) is 24.9 Å². The molecule has 0 aliphatic carbocycles. The predicted molar refractivity (Wildman–Crippen MR) is 63.3 cm³/mol. The van der Waals surface area contributed by atoms with Gasteiger partial charge in [0.1, 0.15) is 0 Å². The third-order valence-corrected chi connectivity index (χ3v) is 2.53. The van der Waals surface area contributed by atoms with Crippen LogP contribution in [0.15, 0.2) is 24.4 Å². The van der Waals surface area contributed by atoms with Gasteiger partial charge >= 0.3 is 7.12 Å². The van der Waals surface area contributed by atoms with Crippen LogP contribution in [-0.2, 0) is 15.7 Å². The van der Waals surface area contributed by atoms with Gasteiger partial charge in [0.2, 0.25) is 0 Å². The minimum atomic E-state index is -0.0795. The SMILES string of the molecule is c1ccc(CCB2OCCNCCO2)nc1. The molecule has 0 unspecified atom stereocenters. The molecule has 0 radical (unpaired) electrons. The first-order valence-corrected chi connectivity index (χ1v) is 5.79. The van der Waals surface area contributed by atoms with Crippen LogP contribution in [0.1, 0.15) is 5.69 Å². The summed E-state index contributed by atoms with van der Waals surface area (Å²) in [5.41, 5.74) is 1.09. The third kappa shape index (κ3) is 3.92. The molecule has 0 amide bonds. The molecule has 0 spiro atoms. The summed E-state index contributed by atoms with van der Waals surface area (Å²) in [6.07, 6.45) is 3.59. The van der Waals surface area contributed by atoms with Gasteiger partial charge in [-0.2, -0.15) is 0 Å². The largest absolute Gasteiger partial charge is 0.457 e. The number of aryl methyl sites for hydroxylation is 1. The lowest BCUT2D eigenvalue weighted by Gasteiger charge is -2.18. The highest BCUT2D eigenvalue weighted by Crippen LogP contribution is 2.05. The first-order chi connectivity index (χ1) is 7.95. The predicted octanol–water partition coefficient (Wildman–Crippen LogP) is 0.749. The Balaban J connectivity index is 1.75. The van der Waals surface area contributed by atoms with Crippen molar-refractivity contribution in [1.82, 2.24) is 10.3 Å². The van der Waals surface area contributed by atoms with Crippen molar-refractivity contribution in [3.05, 3.63) is 30.1 Å². The van der Waals surface area contributed by atoms with Crippen molar-refractivity contribution >= 4 is 7.12 Å². The van der Waals surface area contributed by atoms with Crippen LogP contribution >= 0.6 is 0 Å². The molecule has 0 atom stereocenters. The van der Waals surface area contributed by atoms with Gasteiger partial charge in [0.25, 0.3) is 0 Å². The second-order valence-corrected chi connectivity index (χ2v) is 3.78. The standard InChI is InChI=1S/C11H17BN2O2/c1-2-6-14-11(3-1)4-5-12-15-9-7-13-8-10-16-12/h1-3,6,13H,4-5,7-10H2. The second kappa shape index (κ2) is 6.63. The Morgan fingerprint density at radius 3 is 2.75 bits per heavy atom. The summed E-state index contributed by atoms with van der Waals surface area (Å²) in [5.74, 6) is 0. The van der Waals surface area contributed by atoms with Gasteiger partial charge in [0, 0.05) is 38.2 Å². The van der Waals surface area contributed by atoms with Gasteiger partial charge in [-0.15, -0.1) is 0 Å². The molecule has 16 heavy (non-hydrogen) atoms. The Bertz CT molecular complexity index is 289. The average Bonchev–Trinajstić information content (AvgIpc) is 2.29. The number of rotatable bonds is 3. The first-order valence-electron chi connectivity index (χ1n) is 5.79. The van der Waals surface area contributed by atoms with Crippen molar-refractivity contribution < 1.29 is 9.31 Å². The van der Waals surface area contributed by atoms with Crippen molar-refractivity contribution in [2.45, 2.75) is 12.7 Å². The zero-order valence-electron chi connectivity index (χ0n) is 9.39. The molecule has 1 saturated heterocycles. The first kappa shape index (κ1) is 11.6. The molecule has 2 rings (SSSR count).